The highest BCUT2D eigenvalue weighted by Crippen LogP contribution is 2.29. The molecule has 0 radical (unpaired) electrons. The van der Waals surface area contributed by atoms with Crippen LogP contribution in [0, 0.1) is 0 Å². The van der Waals surface area contributed by atoms with E-state index in [4.69, 9.17) is 9.72 Å². The lowest BCUT2D eigenvalue weighted by Crippen LogP contribution is -2.46. The van der Waals surface area contributed by atoms with Crippen LogP contribution in [-0.4, -0.2) is 43.3 Å². The molecule has 1 saturated heterocycles. The van der Waals surface area contributed by atoms with Gasteiger partial charge < -0.3 is 14.5 Å². The van der Waals surface area contributed by atoms with E-state index in [1.807, 2.05) is 18.3 Å². The minimum Gasteiger partial charge on any atom is -0.481 e. The number of hydrogen-bond acceptors (Lipinski definition) is 6. The van der Waals surface area contributed by atoms with Crippen molar-refractivity contribution in [1.82, 2.24) is 9.97 Å². The number of methoxy groups -OCH3 is 1. The third-order valence-corrected chi connectivity index (χ3v) is 5.22. The Labute approximate surface area is 139 Å². The van der Waals surface area contributed by atoms with Crippen LogP contribution in [0.5, 0.6) is 5.88 Å². The summed E-state index contributed by atoms with van der Waals surface area (Å²) in [5, 5.41) is 1.12. The lowest BCUT2D eigenvalue weighted by molar-refractivity contribution is 0.398. The highest BCUT2D eigenvalue weighted by Gasteiger charge is 2.20. The fraction of sp³-hybridized carbons (Fsp3) is 0.294. The van der Waals surface area contributed by atoms with Crippen LogP contribution in [0.2, 0.25) is 0 Å². The summed E-state index contributed by atoms with van der Waals surface area (Å²) >= 11 is 1.77. The van der Waals surface area contributed by atoms with Crippen LogP contribution in [0.15, 0.2) is 42.6 Å². The van der Waals surface area contributed by atoms with E-state index >= 15 is 0 Å². The first-order chi connectivity index (χ1) is 11.3. The lowest BCUT2D eigenvalue weighted by atomic mass is 10.3. The largest absolute Gasteiger partial charge is 0.481 e. The highest BCUT2D eigenvalue weighted by atomic mass is 32.1. The van der Waals surface area contributed by atoms with Crippen molar-refractivity contribution < 1.29 is 4.74 Å². The number of hydrogen-bond donors (Lipinski definition) is 0. The molecule has 0 bridgehead atoms. The van der Waals surface area contributed by atoms with Gasteiger partial charge in [0.25, 0.3) is 0 Å². The number of para-hydroxylation sites is 1. The van der Waals surface area contributed by atoms with E-state index in [1.54, 1.807) is 18.4 Å². The van der Waals surface area contributed by atoms with E-state index < -0.39 is 0 Å². The molecule has 0 aliphatic carbocycles. The summed E-state index contributed by atoms with van der Waals surface area (Å²) < 4.78 is 6.37. The molecule has 0 saturated carbocycles. The Morgan fingerprint density at radius 1 is 1.00 bits per heavy atom. The van der Waals surface area contributed by atoms with Crippen LogP contribution in [0.3, 0.4) is 0 Å². The molecule has 1 fully saturated rings. The number of fused-ring (bicyclic) bond motifs is 1. The van der Waals surface area contributed by atoms with Gasteiger partial charge >= 0.3 is 0 Å². The smallest absolute Gasteiger partial charge is 0.213 e. The van der Waals surface area contributed by atoms with Gasteiger partial charge in [-0.25, -0.2) is 9.97 Å². The zero-order valence-corrected chi connectivity index (χ0v) is 13.8. The summed E-state index contributed by atoms with van der Waals surface area (Å²) in [5.41, 5.74) is 2.24. The molecule has 0 spiro atoms. The predicted octanol–water partition coefficient (Wildman–Crippen LogP) is 3.03. The molecule has 2 aromatic heterocycles. The Morgan fingerprint density at radius 3 is 2.48 bits per heavy atom. The van der Waals surface area contributed by atoms with Gasteiger partial charge in [0, 0.05) is 32.2 Å². The number of thiazole rings is 1. The molecule has 1 aliphatic rings. The number of benzene rings is 1. The molecule has 0 unspecified atom stereocenters. The molecule has 1 aliphatic heterocycles. The van der Waals surface area contributed by atoms with Crippen molar-refractivity contribution in [3.8, 4) is 5.88 Å². The summed E-state index contributed by atoms with van der Waals surface area (Å²) in [4.78, 5) is 13.8. The van der Waals surface area contributed by atoms with Gasteiger partial charge in [0.2, 0.25) is 5.88 Å². The molecule has 3 heterocycles. The van der Waals surface area contributed by atoms with E-state index in [2.05, 4.69) is 39.0 Å². The average molecular weight is 326 g/mol. The summed E-state index contributed by atoms with van der Waals surface area (Å²) in [6.07, 6.45) is 1.88. The van der Waals surface area contributed by atoms with Crippen LogP contribution in [0.1, 0.15) is 0 Å². The SMILES string of the molecule is COc1ccc(N2CCN(c3nc4ccccc4s3)CC2)cn1. The summed E-state index contributed by atoms with van der Waals surface area (Å²) in [6, 6.07) is 12.3. The quantitative estimate of drug-likeness (QED) is 0.740. The minimum atomic E-state index is 0.655. The normalized spacial score (nSPS) is 15.2. The van der Waals surface area contributed by atoms with Gasteiger partial charge in [0.15, 0.2) is 5.13 Å². The second kappa shape index (κ2) is 6.04. The number of nitrogens with zero attached hydrogens (tertiary/aromatic N) is 4. The lowest BCUT2D eigenvalue weighted by Gasteiger charge is -2.35. The predicted molar refractivity (Wildman–Crippen MR) is 94.8 cm³/mol. The molecular weight excluding hydrogens is 308 g/mol. The zero-order valence-electron chi connectivity index (χ0n) is 13.0. The third kappa shape index (κ3) is 2.82. The Bertz CT molecular complexity index is 761. The van der Waals surface area contributed by atoms with E-state index in [1.165, 1.54) is 4.70 Å². The first-order valence-electron chi connectivity index (χ1n) is 7.69. The maximum atomic E-state index is 5.12. The molecule has 5 nitrogen and oxygen atoms in total. The first-order valence-corrected chi connectivity index (χ1v) is 8.50. The Morgan fingerprint density at radius 2 is 1.78 bits per heavy atom. The second-order valence-corrected chi connectivity index (χ2v) is 6.51. The highest BCUT2D eigenvalue weighted by molar-refractivity contribution is 7.22. The maximum Gasteiger partial charge on any atom is 0.213 e. The van der Waals surface area contributed by atoms with Crippen LogP contribution < -0.4 is 14.5 Å². The molecule has 0 atom stereocenters. The maximum absolute atomic E-state index is 5.12. The number of anilines is 2. The monoisotopic (exact) mass is 326 g/mol. The van der Waals surface area contributed by atoms with E-state index in [9.17, 15) is 0 Å². The number of rotatable bonds is 3. The molecule has 4 rings (SSSR count). The molecule has 6 heteroatoms. The molecule has 118 valence electrons. The van der Waals surface area contributed by atoms with Gasteiger partial charge in [0.1, 0.15) is 0 Å². The topological polar surface area (TPSA) is 41.5 Å². The number of pyridine rings is 1. The number of aromatic nitrogens is 2. The van der Waals surface area contributed by atoms with E-state index in [-0.39, 0.29) is 0 Å². The molecule has 0 amide bonds. The Kier molecular flexibility index (Phi) is 3.75. The zero-order chi connectivity index (χ0) is 15.6. The molecule has 23 heavy (non-hydrogen) atoms. The van der Waals surface area contributed by atoms with Crippen molar-refractivity contribution in [2.24, 2.45) is 0 Å². The number of ether oxygens (including phenoxy) is 1. The van der Waals surface area contributed by atoms with Crippen LogP contribution in [0.25, 0.3) is 10.2 Å². The van der Waals surface area contributed by atoms with Gasteiger partial charge in [-0.15, -0.1) is 0 Å². The van der Waals surface area contributed by atoms with Crippen molar-refractivity contribution in [3.63, 3.8) is 0 Å². The van der Waals surface area contributed by atoms with Crippen LogP contribution in [0.4, 0.5) is 10.8 Å². The third-order valence-electron chi connectivity index (χ3n) is 4.13. The molecule has 0 N–H and O–H groups in total. The molecule has 1 aromatic carbocycles. The first kappa shape index (κ1) is 14.3. The average Bonchev–Trinajstić information content (AvgIpc) is 3.06. The van der Waals surface area contributed by atoms with Crippen molar-refractivity contribution in [2.75, 3.05) is 43.1 Å². The van der Waals surface area contributed by atoms with Crippen molar-refractivity contribution in [2.45, 2.75) is 0 Å². The molecular formula is C17H18N4OS. The summed E-state index contributed by atoms with van der Waals surface area (Å²) in [5.74, 6) is 0.655. The van der Waals surface area contributed by atoms with Gasteiger partial charge in [0.05, 0.1) is 29.2 Å². The molecule has 3 aromatic rings. The fourth-order valence-corrected chi connectivity index (χ4v) is 3.85. The summed E-state index contributed by atoms with van der Waals surface area (Å²) in [6.45, 7) is 3.91. The fourth-order valence-electron chi connectivity index (χ4n) is 2.83. The Balaban J connectivity index is 1.45. The van der Waals surface area contributed by atoms with Crippen molar-refractivity contribution in [1.29, 1.82) is 0 Å². The van der Waals surface area contributed by atoms with Gasteiger partial charge in [-0.05, 0) is 18.2 Å². The van der Waals surface area contributed by atoms with Crippen LogP contribution >= 0.6 is 11.3 Å². The van der Waals surface area contributed by atoms with E-state index in [0.29, 0.717) is 5.88 Å². The number of piperazine rings is 1. The van der Waals surface area contributed by atoms with E-state index in [0.717, 1.165) is 42.5 Å². The second-order valence-electron chi connectivity index (χ2n) is 5.50. The van der Waals surface area contributed by atoms with Gasteiger partial charge in [-0.1, -0.05) is 23.5 Å². The van der Waals surface area contributed by atoms with Crippen molar-refractivity contribution in [3.05, 3.63) is 42.6 Å². The van der Waals surface area contributed by atoms with Crippen LogP contribution in [-0.2, 0) is 0 Å². The standard InChI is InChI=1S/C17H18N4OS/c1-22-16-7-6-13(12-18-16)20-8-10-21(11-9-20)17-19-14-4-2-3-5-15(14)23-17/h2-7,12H,8-11H2,1H3. The summed E-state index contributed by atoms with van der Waals surface area (Å²) in [7, 11) is 1.64. The minimum absolute atomic E-state index is 0.655. The Hall–Kier alpha value is -2.34. The van der Waals surface area contributed by atoms with Crippen molar-refractivity contribution >= 4 is 32.4 Å². The van der Waals surface area contributed by atoms with Gasteiger partial charge in [-0.2, -0.15) is 0 Å². The van der Waals surface area contributed by atoms with Gasteiger partial charge in [-0.3, -0.25) is 0 Å².